The second-order valence-corrected chi connectivity index (χ2v) is 7.05. The molecule has 130 valence electrons. The largest absolute Gasteiger partial charge is 0.489 e. The van der Waals surface area contributed by atoms with Gasteiger partial charge in [-0.1, -0.05) is 30.3 Å². The maximum absolute atomic E-state index is 12.4. The molecule has 3 rings (SSSR count). The highest BCUT2D eigenvalue weighted by Gasteiger charge is 2.43. The lowest BCUT2D eigenvalue weighted by Gasteiger charge is -2.24. The summed E-state index contributed by atoms with van der Waals surface area (Å²) in [4.78, 5) is 23.9. The minimum atomic E-state index is -1.16. The molecule has 1 aliphatic heterocycles. The standard InChI is InChI=1S/C19H19NO4S/c21-17(20-19(18(22)23)10-11-25-13-19)15-6-8-16(9-7-15)24-12-14-4-2-1-3-5-14/h1-9H,10-13H2,(H,20,21)(H,22,23). The van der Waals surface area contributed by atoms with Crippen LogP contribution in [0.25, 0.3) is 0 Å². The van der Waals surface area contributed by atoms with Crippen LogP contribution in [0.3, 0.4) is 0 Å². The van der Waals surface area contributed by atoms with E-state index in [1.165, 1.54) is 11.8 Å². The number of ether oxygens (including phenoxy) is 1. The first-order valence-corrected chi connectivity index (χ1v) is 9.15. The van der Waals surface area contributed by atoms with E-state index in [1.807, 2.05) is 30.3 Å². The van der Waals surface area contributed by atoms with Crippen LogP contribution >= 0.6 is 11.8 Å². The Kier molecular flexibility index (Phi) is 5.28. The zero-order valence-corrected chi connectivity index (χ0v) is 14.4. The molecule has 0 saturated carbocycles. The molecular formula is C19H19NO4S. The van der Waals surface area contributed by atoms with Gasteiger partial charge >= 0.3 is 5.97 Å². The lowest BCUT2D eigenvalue weighted by molar-refractivity contribution is -0.143. The monoisotopic (exact) mass is 357 g/mol. The third-order valence-corrected chi connectivity index (χ3v) is 5.34. The molecule has 0 aliphatic carbocycles. The van der Waals surface area contributed by atoms with Crippen LogP contribution in [0.5, 0.6) is 5.75 Å². The van der Waals surface area contributed by atoms with Crippen LogP contribution in [0, 0.1) is 0 Å². The molecule has 1 unspecified atom stereocenters. The Labute approximate surface area is 150 Å². The van der Waals surface area contributed by atoms with Gasteiger partial charge < -0.3 is 15.2 Å². The zero-order valence-electron chi connectivity index (χ0n) is 13.6. The number of carboxylic acid groups (broad SMARTS) is 1. The summed E-state index contributed by atoms with van der Waals surface area (Å²) in [6.45, 7) is 0.450. The van der Waals surface area contributed by atoms with Crippen molar-refractivity contribution in [1.82, 2.24) is 5.32 Å². The molecule has 0 aromatic heterocycles. The highest BCUT2D eigenvalue weighted by molar-refractivity contribution is 7.99. The van der Waals surface area contributed by atoms with Crippen molar-refractivity contribution in [3.05, 3.63) is 65.7 Å². The summed E-state index contributed by atoms with van der Waals surface area (Å²) in [5, 5.41) is 12.1. The van der Waals surface area contributed by atoms with E-state index in [-0.39, 0.29) is 5.91 Å². The van der Waals surface area contributed by atoms with Crippen molar-refractivity contribution in [2.24, 2.45) is 0 Å². The number of benzene rings is 2. The van der Waals surface area contributed by atoms with Gasteiger partial charge in [0.25, 0.3) is 5.91 Å². The summed E-state index contributed by atoms with van der Waals surface area (Å²) < 4.78 is 5.69. The number of aliphatic carboxylic acids is 1. The fourth-order valence-electron chi connectivity index (χ4n) is 2.62. The number of thioether (sulfide) groups is 1. The van der Waals surface area contributed by atoms with E-state index in [1.54, 1.807) is 24.3 Å². The summed E-state index contributed by atoms with van der Waals surface area (Å²) in [5.41, 5.74) is 0.320. The van der Waals surface area contributed by atoms with Gasteiger partial charge in [0.2, 0.25) is 0 Å². The average molecular weight is 357 g/mol. The first-order valence-electron chi connectivity index (χ1n) is 7.99. The third-order valence-electron chi connectivity index (χ3n) is 4.15. The Bertz CT molecular complexity index is 740. The van der Waals surface area contributed by atoms with E-state index in [0.717, 1.165) is 11.3 Å². The molecular weight excluding hydrogens is 338 g/mol. The van der Waals surface area contributed by atoms with Crippen molar-refractivity contribution in [2.45, 2.75) is 18.6 Å². The van der Waals surface area contributed by atoms with Crippen molar-refractivity contribution < 1.29 is 19.4 Å². The predicted molar refractivity (Wildman–Crippen MR) is 97.0 cm³/mol. The van der Waals surface area contributed by atoms with Gasteiger partial charge in [0, 0.05) is 11.3 Å². The summed E-state index contributed by atoms with van der Waals surface area (Å²) in [6, 6.07) is 16.5. The van der Waals surface area contributed by atoms with Crippen molar-refractivity contribution in [3.63, 3.8) is 0 Å². The number of carbonyl (C=O) groups is 2. The third kappa shape index (κ3) is 4.14. The van der Waals surface area contributed by atoms with Gasteiger partial charge in [0.15, 0.2) is 0 Å². The summed E-state index contributed by atoms with van der Waals surface area (Å²) in [5.74, 6) is 0.434. The molecule has 1 amide bonds. The molecule has 6 heteroatoms. The molecule has 0 spiro atoms. The van der Waals surface area contributed by atoms with Crippen LogP contribution in [-0.4, -0.2) is 34.0 Å². The normalized spacial score (nSPS) is 19.4. The molecule has 1 fully saturated rings. The second kappa shape index (κ2) is 7.61. The highest BCUT2D eigenvalue weighted by Crippen LogP contribution is 2.28. The summed E-state index contributed by atoms with van der Waals surface area (Å²) in [7, 11) is 0. The van der Waals surface area contributed by atoms with E-state index in [4.69, 9.17) is 4.74 Å². The van der Waals surface area contributed by atoms with Gasteiger partial charge in [-0.3, -0.25) is 4.79 Å². The Balaban J connectivity index is 1.61. The molecule has 1 saturated heterocycles. The quantitative estimate of drug-likeness (QED) is 0.831. The molecule has 5 nitrogen and oxygen atoms in total. The van der Waals surface area contributed by atoms with Crippen LogP contribution in [0.2, 0.25) is 0 Å². The van der Waals surface area contributed by atoms with E-state index < -0.39 is 11.5 Å². The van der Waals surface area contributed by atoms with Crippen LogP contribution in [0.1, 0.15) is 22.3 Å². The summed E-state index contributed by atoms with van der Waals surface area (Å²) in [6.07, 6.45) is 0.441. The average Bonchev–Trinajstić information content (AvgIpc) is 3.11. The lowest BCUT2D eigenvalue weighted by Crippen LogP contribution is -2.54. The fourth-order valence-corrected chi connectivity index (χ4v) is 3.94. The minimum absolute atomic E-state index is 0.375. The highest BCUT2D eigenvalue weighted by atomic mass is 32.2. The van der Waals surface area contributed by atoms with Crippen LogP contribution in [0.4, 0.5) is 0 Å². The van der Waals surface area contributed by atoms with E-state index in [9.17, 15) is 14.7 Å². The number of amides is 1. The van der Waals surface area contributed by atoms with Crippen molar-refractivity contribution in [3.8, 4) is 5.75 Å². The number of carboxylic acids is 1. The predicted octanol–water partition coefficient (Wildman–Crippen LogP) is 2.96. The second-order valence-electron chi connectivity index (χ2n) is 5.94. The van der Waals surface area contributed by atoms with Gasteiger partial charge in [-0.15, -0.1) is 0 Å². The van der Waals surface area contributed by atoms with Crippen LogP contribution < -0.4 is 10.1 Å². The zero-order chi connectivity index (χ0) is 17.7. The van der Waals surface area contributed by atoms with E-state index >= 15 is 0 Å². The summed E-state index contributed by atoms with van der Waals surface area (Å²) >= 11 is 1.54. The molecule has 0 radical (unpaired) electrons. The number of carbonyl (C=O) groups excluding carboxylic acids is 1. The Morgan fingerprint density at radius 3 is 2.44 bits per heavy atom. The van der Waals surface area contributed by atoms with Crippen molar-refractivity contribution in [1.29, 1.82) is 0 Å². The van der Waals surface area contributed by atoms with E-state index in [0.29, 0.717) is 30.1 Å². The topological polar surface area (TPSA) is 75.6 Å². The molecule has 0 bridgehead atoms. The Hall–Kier alpha value is -2.47. The van der Waals surface area contributed by atoms with Crippen molar-refractivity contribution >= 4 is 23.6 Å². The first kappa shape index (κ1) is 17.4. The van der Waals surface area contributed by atoms with Gasteiger partial charge in [0.05, 0.1) is 0 Å². The van der Waals surface area contributed by atoms with Gasteiger partial charge in [-0.25, -0.2) is 4.79 Å². The lowest BCUT2D eigenvalue weighted by atomic mass is 9.98. The first-order chi connectivity index (χ1) is 12.1. The molecule has 1 heterocycles. The molecule has 1 atom stereocenters. The minimum Gasteiger partial charge on any atom is -0.489 e. The van der Waals surface area contributed by atoms with Crippen LogP contribution in [0.15, 0.2) is 54.6 Å². The van der Waals surface area contributed by atoms with Gasteiger partial charge in [-0.05, 0) is 42.0 Å². The number of nitrogens with one attached hydrogen (secondary N) is 1. The number of hydrogen-bond donors (Lipinski definition) is 2. The maximum atomic E-state index is 12.4. The molecule has 2 aromatic carbocycles. The molecule has 1 aliphatic rings. The Morgan fingerprint density at radius 2 is 1.84 bits per heavy atom. The molecule has 2 N–H and O–H groups in total. The van der Waals surface area contributed by atoms with Gasteiger partial charge in [0.1, 0.15) is 17.9 Å². The molecule has 2 aromatic rings. The van der Waals surface area contributed by atoms with E-state index in [2.05, 4.69) is 5.32 Å². The maximum Gasteiger partial charge on any atom is 0.330 e. The Morgan fingerprint density at radius 1 is 1.12 bits per heavy atom. The number of rotatable bonds is 6. The number of hydrogen-bond acceptors (Lipinski definition) is 4. The fraction of sp³-hybridized carbons (Fsp3) is 0.263. The van der Waals surface area contributed by atoms with Crippen LogP contribution in [-0.2, 0) is 11.4 Å². The smallest absolute Gasteiger partial charge is 0.330 e. The SMILES string of the molecule is O=C(NC1(C(=O)O)CCSC1)c1ccc(OCc2ccccc2)cc1. The molecule has 25 heavy (non-hydrogen) atoms. The van der Waals surface area contributed by atoms with Gasteiger partial charge in [-0.2, -0.15) is 11.8 Å². The van der Waals surface area contributed by atoms with Crippen molar-refractivity contribution in [2.75, 3.05) is 11.5 Å².